The summed E-state index contributed by atoms with van der Waals surface area (Å²) in [6.07, 6.45) is -4.70. The summed E-state index contributed by atoms with van der Waals surface area (Å²) in [7, 11) is 0. The summed E-state index contributed by atoms with van der Waals surface area (Å²) in [5.41, 5.74) is 4.37. The Balaban J connectivity index is 2.07. The number of hydrogen-bond acceptors (Lipinski definition) is 5. The van der Waals surface area contributed by atoms with Crippen molar-refractivity contribution >= 4 is 29.1 Å². The molecule has 0 radical (unpaired) electrons. The Morgan fingerprint density at radius 3 is 2.10 bits per heavy atom. The van der Waals surface area contributed by atoms with Gasteiger partial charge in [0.2, 0.25) is 5.95 Å². The van der Waals surface area contributed by atoms with Crippen molar-refractivity contribution in [2.24, 2.45) is 0 Å². The summed E-state index contributed by atoms with van der Waals surface area (Å²) in [6, 6.07) is 7.15. The molecule has 5 nitrogen and oxygen atoms in total. The zero-order valence-electron chi connectivity index (χ0n) is 15.7. The Morgan fingerprint density at radius 1 is 0.903 bits per heavy atom. The number of halogens is 7. The van der Waals surface area contributed by atoms with Gasteiger partial charge in [-0.25, -0.2) is 13.2 Å². The van der Waals surface area contributed by atoms with E-state index >= 15 is 0 Å². The smallest absolute Gasteiger partial charge is 0.358 e. The van der Waals surface area contributed by atoms with Crippen LogP contribution in [-0.2, 0) is 0 Å². The van der Waals surface area contributed by atoms with Crippen molar-refractivity contribution in [1.82, 2.24) is 9.97 Å². The maximum atomic E-state index is 14.3. The molecule has 1 atom stereocenters. The maximum Gasteiger partial charge on any atom is 0.408 e. The second-order valence-corrected chi connectivity index (χ2v) is 6.69. The fraction of sp³-hybridized carbons (Fsp3) is 0.158. The van der Waals surface area contributed by atoms with E-state index in [0.717, 1.165) is 6.92 Å². The molecule has 0 fully saturated rings. The lowest BCUT2D eigenvalue weighted by molar-refractivity contribution is -0.138. The van der Waals surface area contributed by atoms with Crippen LogP contribution in [-0.4, -0.2) is 22.2 Å². The average Bonchev–Trinajstić information content (AvgIpc) is 2.67. The van der Waals surface area contributed by atoms with E-state index in [1.165, 1.54) is 0 Å². The van der Waals surface area contributed by atoms with E-state index in [1.807, 2.05) is 5.32 Å². The number of hydrogen-bond donors (Lipinski definition) is 3. The van der Waals surface area contributed by atoms with E-state index in [0.29, 0.717) is 17.8 Å². The predicted molar refractivity (Wildman–Crippen MR) is 105 cm³/mol. The van der Waals surface area contributed by atoms with Crippen molar-refractivity contribution in [2.75, 3.05) is 16.2 Å². The summed E-state index contributed by atoms with van der Waals surface area (Å²) < 4.78 is 81.2. The van der Waals surface area contributed by atoms with Gasteiger partial charge in [-0.2, -0.15) is 23.1 Å². The number of nitrogens with one attached hydrogen (secondary N) is 3. The summed E-state index contributed by atoms with van der Waals surface area (Å²) in [5, 5.41) is 1.48. The van der Waals surface area contributed by atoms with Crippen molar-refractivity contribution in [3.05, 3.63) is 65.1 Å². The average molecular weight is 462 g/mol. The topological polar surface area (TPSA) is 61.9 Å². The van der Waals surface area contributed by atoms with Crippen LogP contribution in [0, 0.1) is 17.5 Å². The van der Waals surface area contributed by atoms with Crippen LogP contribution in [0.3, 0.4) is 0 Å². The van der Waals surface area contributed by atoms with Crippen molar-refractivity contribution < 1.29 is 26.3 Å². The maximum absolute atomic E-state index is 14.3. The van der Waals surface area contributed by atoms with Crippen LogP contribution in [0.25, 0.3) is 11.1 Å². The number of aromatic nitrogens is 2. The number of alkyl halides is 3. The van der Waals surface area contributed by atoms with Gasteiger partial charge < -0.3 is 5.32 Å². The molecule has 1 aromatic heterocycles. The summed E-state index contributed by atoms with van der Waals surface area (Å²) >= 11 is 6.07. The molecule has 0 amide bonds. The lowest BCUT2D eigenvalue weighted by Gasteiger charge is -2.21. The molecule has 0 spiro atoms. The molecule has 0 aliphatic carbocycles. The first-order valence-corrected chi connectivity index (χ1v) is 9.07. The Labute approximate surface area is 177 Å². The van der Waals surface area contributed by atoms with E-state index in [9.17, 15) is 26.3 Å². The standard InChI is InChI=1S/C19H14ClF6N5/c1-9(19(24,25)26)27-17-15(14-12(22)7-10(21)8-13(14)23)16(20)28-18(29-17)31-30-11-5-3-2-4-6-11/h2-9,30H,1H3,(H2,27,28,29,31)/t9-/m0/s1. The lowest BCUT2D eigenvalue weighted by atomic mass is 10.1. The molecule has 31 heavy (non-hydrogen) atoms. The molecule has 0 saturated carbocycles. The van der Waals surface area contributed by atoms with E-state index in [2.05, 4.69) is 20.8 Å². The van der Waals surface area contributed by atoms with Crippen molar-refractivity contribution in [2.45, 2.75) is 19.1 Å². The molecule has 164 valence electrons. The van der Waals surface area contributed by atoms with Gasteiger partial charge in [-0.3, -0.25) is 10.9 Å². The molecule has 0 aliphatic heterocycles. The van der Waals surface area contributed by atoms with Gasteiger partial charge in [0.15, 0.2) is 0 Å². The van der Waals surface area contributed by atoms with Crippen molar-refractivity contribution in [1.29, 1.82) is 0 Å². The quantitative estimate of drug-likeness (QED) is 0.238. The fourth-order valence-electron chi connectivity index (χ4n) is 2.53. The first kappa shape index (κ1) is 22.5. The highest BCUT2D eigenvalue weighted by Crippen LogP contribution is 2.38. The first-order valence-electron chi connectivity index (χ1n) is 8.69. The van der Waals surface area contributed by atoms with Crippen LogP contribution in [0.1, 0.15) is 6.92 Å². The molecule has 12 heteroatoms. The molecule has 0 unspecified atom stereocenters. The van der Waals surface area contributed by atoms with Crippen molar-refractivity contribution in [3.63, 3.8) is 0 Å². The molecular formula is C19H14ClF6N5. The SMILES string of the molecule is C[C@H](Nc1nc(NNc2ccccc2)nc(Cl)c1-c1c(F)cc(F)cc1F)C(F)(F)F. The molecule has 1 heterocycles. The molecule has 0 saturated heterocycles. The van der Waals surface area contributed by atoms with Crippen LogP contribution in [0.2, 0.25) is 5.15 Å². The van der Waals surface area contributed by atoms with E-state index < -0.39 is 51.8 Å². The Morgan fingerprint density at radius 2 is 1.52 bits per heavy atom. The molecule has 3 N–H and O–H groups in total. The summed E-state index contributed by atoms with van der Waals surface area (Å²) in [4.78, 5) is 7.71. The predicted octanol–water partition coefficient (Wildman–Crippen LogP) is 6.02. The highest BCUT2D eigenvalue weighted by atomic mass is 35.5. The number of anilines is 3. The highest BCUT2D eigenvalue weighted by Gasteiger charge is 2.37. The van der Waals surface area contributed by atoms with Gasteiger partial charge in [0.1, 0.15) is 34.5 Å². The number of nitrogens with zero attached hydrogens (tertiary/aromatic N) is 2. The number of hydrazine groups is 1. The van der Waals surface area contributed by atoms with Crippen LogP contribution in [0.4, 0.5) is 43.8 Å². The van der Waals surface area contributed by atoms with Gasteiger partial charge in [-0.1, -0.05) is 29.8 Å². The summed E-state index contributed by atoms with van der Waals surface area (Å²) in [6.45, 7) is 0.784. The van der Waals surface area contributed by atoms with Crippen molar-refractivity contribution in [3.8, 4) is 11.1 Å². The Bertz CT molecular complexity index is 1050. The zero-order valence-corrected chi connectivity index (χ0v) is 16.4. The van der Waals surface area contributed by atoms with Gasteiger partial charge in [0, 0.05) is 12.1 Å². The van der Waals surface area contributed by atoms with Gasteiger partial charge in [-0.15, -0.1) is 0 Å². The van der Waals surface area contributed by atoms with Crippen LogP contribution >= 0.6 is 11.6 Å². The first-order chi connectivity index (χ1) is 14.6. The third kappa shape index (κ3) is 5.29. The van der Waals surface area contributed by atoms with E-state index in [-0.39, 0.29) is 5.95 Å². The van der Waals surface area contributed by atoms with Gasteiger partial charge in [-0.05, 0) is 19.1 Å². The third-order valence-corrected chi connectivity index (χ3v) is 4.33. The largest absolute Gasteiger partial charge is 0.408 e. The van der Waals surface area contributed by atoms with Gasteiger partial charge in [0.05, 0.1) is 16.8 Å². The Hall–Kier alpha value is -3.21. The summed E-state index contributed by atoms with van der Waals surface area (Å²) in [5.74, 6) is -4.86. The second-order valence-electron chi connectivity index (χ2n) is 6.33. The number of rotatable bonds is 6. The van der Waals surface area contributed by atoms with E-state index in [4.69, 9.17) is 11.6 Å². The number of benzene rings is 2. The minimum Gasteiger partial charge on any atom is -0.358 e. The van der Waals surface area contributed by atoms with Gasteiger partial charge in [0.25, 0.3) is 0 Å². The Kier molecular flexibility index (Phi) is 6.44. The second kappa shape index (κ2) is 8.88. The van der Waals surface area contributed by atoms with Crippen LogP contribution in [0.5, 0.6) is 0 Å². The molecule has 3 rings (SSSR count). The minimum atomic E-state index is -4.70. The monoisotopic (exact) mass is 461 g/mol. The molecule has 0 bridgehead atoms. The lowest BCUT2D eigenvalue weighted by Crippen LogP contribution is -2.33. The van der Waals surface area contributed by atoms with Crippen LogP contribution < -0.4 is 16.2 Å². The third-order valence-electron chi connectivity index (χ3n) is 4.06. The normalized spacial score (nSPS) is 12.4. The minimum absolute atomic E-state index is 0.280. The highest BCUT2D eigenvalue weighted by molar-refractivity contribution is 6.32. The molecular weight excluding hydrogens is 448 g/mol. The zero-order chi connectivity index (χ0) is 22.8. The molecule has 3 aromatic rings. The number of para-hydroxylation sites is 1. The van der Waals surface area contributed by atoms with Gasteiger partial charge >= 0.3 is 6.18 Å². The molecule has 0 aliphatic rings. The van der Waals surface area contributed by atoms with Crippen LogP contribution in [0.15, 0.2) is 42.5 Å². The molecule has 2 aromatic carbocycles. The van der Waals surface area contributed by atoms with E-state index in [1.54, 1.807) is 30.3 Å². The fourth-order valence-corrected chi connectivity index (χ4v) is 2.80.